The van der Waals surface area contributed by atoms with E-state index in [1.54, 1.807) is 0 Å². The van der Waals surface area contributed by atoms with Gasteiger partial charge in [-0.3, -0.25) is 0 Å². The van der Waals surface area contributed by atoms with Crippen molar-refractivity contribution < 1.29 is 22.7 Å². The van der Waals surface area contributed by atoms with Crippen molar-refractivity contribution in [2.75, 3.05) is 0 Å². The minimum atomic E-state index is -4.78. The molecule has 1 aromatic rings. The Kier molecular flexibility index (Phi) is 3.54. The summed E-state index contributed by atoms with van der Waals surface area (Å²) in [4.78, 5) is 0. The topological polar surface area (TPSA) is 46.2 Å². The van der Waals surface area contributed by atoms with Gasteiger partial charge in [-0.2, -0.15) is 13.2 Å². The van der Waals surface area contributed by atoms with Crippen LogP contribution in [-0.2, 0) is 6.18 Å². The zero-order chi connectivity index (χ0) is 12.5. The molecule has 90 valence electrons. The summed E-state index contributed by atoms with van der Waals surface area (Å²) in [6.45, 7) is 1.45. The van der Waals surface area contributed by atoms with Gasteiger partial charge in [0.1, 0.15) is 5.82 Å². The SMILES string of the molecule is C[C@@H](N)[C@@H](O)c1ccc(F)c(C(F)(F)F)c1. The second-order valence-electron chi connectivity index (χ2n) is 3.54. The second-order valence-corrected chi connectivity index (χ2v) is 3.54. The third-order valence-electron chi connectivity index (χ3n) is 2.14. The van der Waals surface area contributed by atoms with Gasteiger partial charge in [-0.15, -0.1) is 0 Å². The van der Waals surface area contributed by atoms with Crippen molar-refractivity contribution >= 4 is 0 Å². The average molecular weight is 237 g/mol. The van der Waals surface area contributed by atoms with E-state index in [-0.39, 0.29) is 5.56 Å². The molecule has 6 heteroatoms. The maximum absolute atomic E-state index is 12.9. The quantitative estimate of drug-likeness (QED) is 0.775. The first-order valence-electron chi connectivity index (χ1n) is 4.53. The lowest BCUT2D eigenvalue weighted by Gasteiger charge is -2.17. The Labute approximate surface area is 89.7 Å². The number of hydrogen-bond acceptors (Lipinski definition) is 2. The van der Waals surface area contributed by atoms with Gasteiger partial charge in [0.05, 0.1) is 11.7 Å². The highest BCUT2D eigenvalue weighted by Gasteiger charge is 2.34. The summed E-state index contributed by atoms with van der Waals surface area (Å²) < 4.78 is 49.9. The fraction of sp³-hybridized carbons (Fsp3) is 0.400. The van der Waals surface area contributed by atoms with E-state index in [1.807, 2.05) is 0 Å². The number of hydrogen-bond donors (Lipinski definition) is 2. The summed E-state index contributed by atoms with van der Waals surface area (Å²) >= 11 is 0. The van der Waals surface area contributed by atoms with Crippen LogP contribution < -0.4 is 5.73 Å². The minimum absolute atomic E-state index is 0.0521. The molecule has 0 amide bonds. The van der Waals surface area contributed by atoms with E-state index in [2.05, 4.69) is 0 Å². The van der Waals surface area contributed by atoms with E-state index >= 15 is 0 Å². The molecule has 0 aromatic heterocycles. The smallest absolute Gasteiger partial charge is 0.387 e. The van der Waals surface area contributed by atoms with Crippen LogP contribution in [0.5, 0.6) is 0 Å². The second kappa shape index (κ2) is 4.39. The Bertz CT molecular complexity index is 376. The van der Waals surface area contributed by atoms with Crippen LogP contribution in [0.15, 0.2) is 18.2 Å². The van der Waals surface area contributed by atoms with Crippen molar-refractivity contribution in [2.45, 2.75) is 25.2 Å². The Morgan fingerprint density at radius 2 is 1.88 bits per heavy atom. The molecule has 0 aliphatic carbocycles. The Morgan fingerprint density at radius 1 is 1.31 bits per heavy atom. The number of rotatable bonds is 2. The van der Waals surface area contributed by atoms with Crippen molar-refractivity contribution in [3.63, 3.8) is 0 Å². The molecule has 0 unspecified atom stereocenters. The standard InChI is InChI=1S/C10H11F4NO/c1-5(15)9(16)6-2-3-8(11)7(4-6)10(12,13)14/h2-5,9,16H,15H2,1H3/t5-,9-/m1/s1. The van der Waals surface area contributed by atoms with Crippen LogP contribution in [0.25, 0.3) is 0 Å². The van der Waals surface area contributed by atoms with Gasteiger partial charge in [0.15, 0.2) is 0 Å². The first kappa shape index (κ1) is 12.9. The molecular formula is C10H11F4NO. The monoisotopic (exact) mass is 237 g/mol. The fourth-order valence-electron chi connectivity index (χ4n) is 1.25. The first-order chi connectivity index (χ1) is 7.23. The molecule has 0 aliphatic heterocycles. The van der Waals surface area contributed by atoms with E-state index in [9.17, 15) is 22.7 Å². The van der Waals surface area contributed by atoms with Crippen molar-refractivity contribution in [3.8, 4) is 0 Å². The molecule has 1 aromatic carbocycles. The molecule has 0 fully saturated rings. The van der Waals surface area contributed by atoms with E-state index in [4.69, 9.17) is 5.73 Å². The molecule has 0 radical (unpaired) electrons. The van der Waals surface area contributed by atoms with Crippen LogP contribution in [-0.4, -0.2) is 11.1 Å². The van der Waals surface area contributed by atoms with Gasteiger partial charge in [0.25, 0.3) is 0 Å². The van der Waals surface area contributed by atoms with E-state index in [0.717, 1.165) is 6.07 Å². The highest BCUT2D eigenvalue weighted by atomic mass is 19.4. The normalized spacial score (nSPS) is 15.9. The van der Waals surface area contributed by atoms with Crippen LogP contribution in [0.3, 0.4) is 0 Å². The predicted molar refractivity (Wildman–Crippen MR) is 50.0 cm³/mol. The van der Waals surface area contributed by atoms with E-state index in [1.165, 1.54) is 6.92 Å². The van der Waals surface area contributed by atoms with Crippen molar-refractivity contribution in [2.24, 2.45) is 5.73 Å². The molecule has 0 bridgehead atoms. The molecule has 0 spiro atoms. The Hall–Kier alpha value is -1.14. The van der Waals surface area contributed by atoms with Crippen LogP contribution in [0, 0.1) is 5.82 Å². The number of nitrogens with two attached hydrogens (primary N) is 1. The number of alkyl halides is 3. The number of benzene rings is 1. The van der Waals surface area contributed by atoms with Crippen LogP contribution in [0.4, 0.5) is 17.6 Å². The molecule has 1 rings (SSSR count). The lowest BCUT2D eigenvalue weighted by atomic mass is 10.0. The molecular weight excluding hydrogens is 226 g/mol. The molecule has 2 atom stereocenters. The zero-order valence-electron chi connectivity index (χ0n) is 8.42. The lowest BCUT2D eigenvalue weighted by Crippen LogP contribution is -2.24. The third kappa shape index (κ3) is 2.70. The molecule has 0 saturated carbocycles. The van der Waals surface area contributed by atoms with Gasteiger partial charge in [-0.05, 0) is 24.6 Å². The summed E-state index contributed by atoms with van der Waals surface area (Å²) in [5, 5.41) is 9.46. The predicted octanol–water partition coefficient (Wildman–Crippen LogP) is 2.23. The lowest BCUT2D eigenvalue weighted by molar-refractivity contribution is -0.140. The number of aliphatic hydroxyl groups excluding tert-OH is 1. The summed E-state index contributed by atoms with van der Waals surface area (Å²) in [5.41, 5.74) is 3.89. The summed E-state index contributed by atoms with van der Waals surface area (Å²) in [5.74, 6) is -1.37. The van der Waals surface area contributed by atoms with Gasteiger partial charge in [-0.1, -0.05) is 6.07 Å². The third-order valence-corrected chi connectivity index (χ3v) is 2.14. The summed E-state index contributed by atoms with van der Waals surface area (Å²) in [6.07, 6.45) is -6.03. The number of aliphatic hydroxyl groups is 1. The Balaban J connectivity index is 3.18. The maximum atomic E-state index is 12.9. The van der Waals surface area contributed by atoms with Crippen LogP contribution in [0.2, 0.25) is 0 Å². The maximum Gasteiger partial charge on any atom is 0.419 e. The van der Waals surface area contributed by atoms with E-state index in [0.29, 0.717) is 12.1 Å². The van der Waals surface area contributed by atoms with Crippen LogP contribution in [0.1, 0.15) is 24.2 Å². The highest BCUT2D eigenvalue weighted by molar-refractivity contribution is 5.29. The molecule has 0 heterocycles. The van der Waals surface area contributed by atoms with Gasteiger partial charge in [0.2, 0.25) is 0 Å². The van der Waals surface area contributed by atoms with Crippen molar-refractivity contribution in [3.05, 3.63) is 35.1 Å². The van der Waals surface area contributed by atoms with Gasteiger partial charge >= 0.3 is 6.18 Å². The zero-order valence-corrected chi connectivity index (χ0v) is 8.42. The number of halogens is 4. The van der Waals surface area contributed by atoms with Gasteiger partial charge in [-0.25, -0.2) is 4.39 Å². The average Bonchev–Trinajstić information content (AvgIpc) is 2.15. The molecule has 2 nitrogen and oxygen atoms in total. The summed E-state index contributed by atoms with van der Waals surface area (Å²) in [7, 11) is 0. The highest BCUT2D eigenvalue weighted by Crippen LogP contribution is 2.33. The minimum Gasteiger partial charge on any atom is -0.387 e. The largest absolute Gasteiger partial charge is 0.419 e. The fourth-order valence-corrected chi connectivity index (χ4v) is 1.25. The van der Waals surface area contributed by atoms with Crippen LogP contribution >= 0.6 is 0 Å². The Morgan fingerprint density at radius 3 is 2.31 bits per heavy atom. The van der Waals surface area contributed by atoms with Gasteiger partial charge < -0.3 is 10.8 Å². The van der Waals surface area contributed by atoms with Crippen molar-refractivity contribution in [1.29, 1.82) is 0 Å². The summed E-state index contributed by atoms with van der Waals surface area (Å²) in [6, 6.07) is 1.60. The van der Waals surface area contributed by atoms with E-state index < -0.39 is 29.7 Å². The molecule has 3 N–H and O–H groups in total. The van der Waals surface area contributed by atoms with Gasteiger partial charge in [0, 0.05) is 6.04 Å². The molecule has 16 heavy (non-hydrogen) atoms. The molecule has 0 aliphatic rings. The van der Waals surface area contributed by atoms with Crippen molar-refractivity contribution in [1.82, 2.24) is 0 Å². The first-order valence-corrected chi connectivity index (χ1v) is 4.53. The molecule has 0 saturated heterocycles.